The van der Waals surface area contributed by atoms with Crippen molar-refractivity contribution in [1.29, 1.82) is 0 Å². The zero-order valence-corrected chi connectivity index (χ0v) is 12.9. The van der Waals surface area contributed by atoms with Crippen molar-refractivity contribution < 1.29 is 9.53 Å². The Bertz CT molecular complexity index is 418. The van der Waals surface area contributed by atoms with E-state index in [9.17, 15) is 4.79 Å². The molecule has 1 aromatic carbocycles. The van der Waals surface area contributed by atoms with Gasteiger partial charge in [0.05, 0.1) is 4.47 Å². The Labute approximate surface area is 117 Å². The second-order valence-electron chi connectivity index (χ2n) is 4.82. The lowest BCUT2D eigenvalue weighted by molar-refractivity contribution is -0.124. The van der Waals surface area contributed by atoms with Gasteiger partial charge in [-0.05, 0) is 53.4 Å². The predicted molar refractivity (Wildman–Crippen MR) is 76.8 cm³/mol. The van der Waals surface area contributed by atoms with Crippen molar-refractivity contribution in [3.63, 3.8) is 0 Å². The number of carbonyl (C=O) groups excluding carboxylic acids is 1. The highest BCUT2D eigenvalue weighted by atomic mass is 79.9. The van der Waals surface area contributed by atoms with Gasteiger partial charge in [0.2, 0.25) is 0 Å². The summed E-state index contributed by atoms with van der Waals surface area (Å²) in [6.07, 6.45) is 0. The van der Waals surface area contributed by atoms with Crippen LogP contribution in [0.25, 0.3) is 0 Å². The van der Waals surface area contributed by atoms with E-state index in [1.807, 2.05) is 32.0 Å². The molecule has 1 N–H and O–H groups in total. The van der Waals surface area contributed by atoms with Gasteiger partial charge in [0.1, 0.15) is 5.75 Å². The Morgan fingerprint density at radius 3 is 2.61 bits per heavy atom. The highest BCUT2D eigenvalue weighted by molar-refractivity contribution is 9.10. The molecule has 4 heteroatoms. The number of aryl methyl sites for hydroxylation is 1. The number of nitrogens with one attached hydrogen (secondary N) is 1. The maximum Gasteiger partial charge on any atom is 0.258 e. The Morgan fingerprint density at radius 1 is 1.39 bits per heavy atom. The average molecular weight is 314 g/mol. The van der Waals surface area contributed by atoms with Gasteiger partial charge in [-0.1, -0.05) is 19.9 Å². The van der Waals surface area contributed by atoms with Crippen molar-refractivity contribution in [2.45, 2.75) is 33.7 Å². The topological polar surface area (TPSA) is 38.3 Å². The van der Waals surface area contributed by atoms with Crippen molar-refractivity contribution in [3.05, 3.63) is 28.2 Å². The van der Waals surface area contributed by atoms with Crippen LogP contribution < -0.4 is 10.1 Å². The van der Waals surface area contributed by atoms with Gasteiger partial charge in [-0.15, -0.1) is 0 Å². The first-order valence-electron chi connectivity index (χ1n) is 6.08. The molecule has 18 heavy (non-hydrogen) atoms. The largest absolute Gasteiger partial charge is 0.483 e. The molecule has 100 valence electrons. The van der Waals surface area contributed by atoms with Gasteiger partial charge in [0.25, 0.3) is 5.91 Å². The van der Waals surface area contributed by atoms with E-state index in [4.69, 9.17) is 4.74 Å². The van der Waals surface area contributed by atoms with Crippen molar-refractivity contribution >= 4 is 21.8 Å². The Balaban J connectivity index is 2.47. The molecule has 0 saturated carbocycles. The molecule has 1 atom stereocenters. The van der Waals surface area contributed by atoms with Crippen molar-refractivity contribution in [3.8, 4) is 5.75 Å². The summed E-state index contributed by atoms with van der Waals surface area (Å²) >= 11 is 3.41. The summed E-state index contributed by atoms with van der Waals surface area (Å²) in [5.74, 6) is 1.01. The maximum absolute atomic E-state index is 11.7. The molecule has 0 spiro atoms. The average Bonchev–Trinajstić information content (AvgIpc) is 2.27. The molecule has 1 aromatic rings. The number of hydrogen-bond donors (Lipinski definition) is 1. The summed E-state index contributed by atoms with van der Waals surface area (Å²) in [7, 11) is 0. The normalized spacial score (nSPS) is 12.3. The van der Waals surface area contributed by atoms with Crippen LogP contribution in [0.1, 0.15) is 26.3 Å². The number of ether oxygens (including phenoxy) is 1. The third-order valence-corrected chi connectivity index (χ3v) is 3.45. The third-order valence-electron chi connectivity index (χ3n) is 2.83. The van der Waals surface area contributed by atoms with Crippen LogP contribution in [-0.2, 0) is 4.79 Å². The number of carbonyl (C=O) groups is 1. The van der Waals surface area contributed by atoms with E-state index in [-0.39, 0.29) is 18.6 Å². The fourth-order valence-corrected chi connectivity index (χ4v) is 1.94. The van der Waals surface area contributed by atoms with Crippen LogP contribution in [0.4, 0.5) is 0 Å². The summed E-state index contributed by atoms with van der Waals surface area (Å²) in [6, 6.07) is 5.93. The van der Waals surface area contributed by atoms with Crippen LogP contribution in [0.15, 0.2) is 22.7 Å². The molecule has 3 nitrogen and oxygen atoms in total. The molecular weight excluding hydrogens is 294 g/mol. The van der Waals surface area contributed by atoms with E-state index in [2.05, 4.69) is 35.1 Å². The second-order valence-corrected chi connectivity index (χ2v) is 5.68. The minimum absolute atomic E-state index is 0.0404. The standard InChI is InChI=1S/C14H20BrNO2/c1-9(2)11(4)16-14(17)8-18-13-6-5-10(3)7-12(13)15/h5-7,9,11H,8H2,1-4H3,(H,16,17)/t11-/m0/s1. The lowest BCUT2D eigenvalue weighted by Gasteiger charge is -2.17. The summed E-state index contributed by atoms with van der Waals surface area (Å²) in [6.45, 7) is 8.18. The number of amides is 1. The first kappa shape index (κ1) is 15.0. The van der Waals surface area contributed by atoms with E-state index < -0.39 is 0 Å². The van der Waals surface area contributed by atoms with E-state index >= 15 is 0 Å². The monoisotopic (exact) mass is 313 g/mol. The number of hydrogen-bond acceptors (Lipinski definition) is 2. The molecule has 0 aromatic heterocycles. The fourth-order valence-electron chi connectivity index (χ4n) is 1.33. The van der Waals surface area contributed by atoms with Crippen molar-refractivity contribution in [2.75, 3.05) is 6.61 Å². The van der Waals surface area contributed by atoms with E-state index in [1.165, 1.54) is 0 Å². The van der Waals surface area contributed by atoms with Crippen LogP contribution in [0.5, 0.6) is 5.75 Å². The first-order chi connectivity index (χ1) is 8.40. The minimum Gasteiger partial charge on any atom is -0.483 e. The van der Waals surface area contributed by atoms with Gasteiger partial charge in [0, 0.05) is 6.04 Å². The molecule has 0 heterocycles. The predicted octanol–water partition coefficient (Wildman–Crippen LogP) is 3.30. The quantitative estimate of drug-likeness (QED) is 0.905. The molecule has 0 fully saturated rings. The van der Waals surface area contributed by atoms with Crippen molar-refractivity contribution in [2.24, 2.45) is 5.92 Å². The Hall–Kier alpha value is -1.03. The number of benzene rings is 1. The molecule has 0 aliphatic rings. The van der Waals surface area contributed by atoms with Gasteiger partial charge >= 0.3 is 0 Å². The molecule has 0 radical (unpaired) electrons. The number of rotatable bonds is 5. The summed E-state index contributed by atoms with van der Waals surface area (Å²) in [5.41, 5.74) is 1.15. The van der Waals surface area contributed by atoms with E-state index in [0.717, 1.165) is 10.0 Å². The lowest BCUT2D eigenvalue weighted by Crippen LogP contribution is -2.38. The zero-order valence-electron chi connectivity index (χ0n) is 11.3. The van der Waals surface area contributed by atoms with Gasteiger partial charge in [-0.2, -0.15) is 0 Å². The second kappa shape index (κ2) is 6.78. The van der Waals surface area contributed by atoms with Crippen LogP contribution in [0.2, 0.25) is 0 Å². The van der Waals surface area contributed by atoms with Crippen LogP contribution in [0, 0.1) is 12.8 Å². The van der Waals surface area contributed by atoms with Gasteiger partial charge < -0.3 is 10.1 Å². The fraction of sp³-hybridized carbons (Fsp3) is 0.500. The van der Waals surface area contributed by atoms with E-state index in [1.54, 1.807) is 0 Å². The summed E-state index contributed by atoms with van der Waals surface area (Å²) in [4.78, 5) is 11.7. The maximum atomic E-state index is 11.7. The van der Waals surface area contributed by atoms with Crippen LogP contribution in [-0.4, -0.2) is 18.6 Å². The zero-order chi connectivity index (χ0) is 13.7. The van der Waals surface area contributed by atoms with E-state index in [0.29, 0.717) is 11.7 Å². The molecule has 0 unspecified atom stereocenters. The molecule has 0 bridgehead atoms. The van der Waals surface area contributed by atoms with Crippen LogP contribution >= 0.6 is 15.9 Å². The molecule has 0 aliphatic heterocycles. The van der Waals surface area contributed by atoms with Crippen LogP contribution in [0.3, 0.4) is 0 Å². The van der Waals surface area contributed by atoms with Gasteiger partial charge in [0.15, 0.2) is 6.61 Å². The molecule has 0 aliphatic carbocycles. The third kappa shape index (κ3) is 4.69. The SMILES string of the molecule is Cc1ccc(OCC(=O)N[C@@H](C)C(C)C)c(Br)c1. The molecule has 0 saturated heterocycles. The summed E-state index contributed by atoms with van der Waals surface area (Å²) in [5, 5.41) is 2.90. The molecular formula is C14H20BrNO2. The Kier molecular flexibility index (Phi) is 5.66. The smallest absolute Gasteiger partial charge is 0.258 e. The van der Waals surface area contributed by atoms with Crippen molar-refractivity contribution in [1.82, 2.24) is 5.32 Å². The first-order valence-corrected chi connectivity index (χ1v) is 6.87. The van der Waals surface area contributed by atoms with Gasteiger partial charge in [-0.3, -0.25) is 4.79 Å². The summed E-state index contributed by atoms with van der Waals surface area (Å²) < 4.78 is 6.34. The highest BCUT2D eigenvalue weighted by Gasteiger charge is 2.11. The molecule has 1 rings (SSSR count). The minimum atomic E-state index is -0.0938. The lowest BCUT2D eigenvalue weighted by atomic mass is 10.1. The highest BCUT2D eigenvalue weighted by Crippen LogP contribution is 2.25. The van der Waals surface area contributed by atoms with Gasteiger partial charge in [-0.25, -0.2) is 0 Å². The Morgan fingerprint density at radius 2 is 2.06 bits per heavy atom. The number of halogens is 1. The molecule has 1 amide bonds.